The van der Waals surface area contributed by atoms with Gasteiger partial charge in [0.1, 0.15) is 0 Å². The predicted octanol–water partition coefficient (Wildman–Crippen LogP) is 1.15. The van der Waals surface area contributed by atoms with Crippen LogP contribution in [0, 0.1) is 0 Å². The summed E-state index contributed by atoms with van der Waals surface area (Å²) in [7, 11) is 0. The zero-order valence-electron chi connectivity index (χ0n) is 9.73. The van der Waals surface area contributed by atoms with Gasteiger partial charge in [0.05, 0.1) is 19.8 Å². The number of anilines is 1. The molecule has 2 heterocycles. The molecular weight excluding hydrogens is 244 g/mol. The Hall–Kier alpha value is -1.14. The first-order valence-electron chi connectivity index (χ1n) is 5.66. The van der Waals surface area contributed by atoms with E-state index in [0.717, 1.165) is 19.5 Å². The molecule has 0 radical (unpaired) electrons. The van der Waals surface area contributed by atoms with Crippen LogP contribution in [0.25, 0.3) is 0 Å². The van der Waals surface area contributed by atoms with Crippen LogP contribution in [-0.4, -0.2) is 47.9 Å². The van der Waals surface area contributed by atoms with Gasteiger partial charge in [0, 0.05) is 13.1 Å². The summed E-state index contributed by atoms with van der Waals surface area (Å²) in [5, 5.41) is 0.160. The van der Waals surface area contributed by atoms with Gasteiger partial charge in [0.2, 0.25) is 11.2 Å². The monoisotopic (exact) mass is 258 g/mol. The van der Waals surface area contributed by atoms with Crippen LogP contribution >= 0.6 is 11.6 Å². The van der Waals surface area contributed by atoms with Crippen molar-refractivity contribution in [2.45, 2.75) is 13.3 Å². The van der Waals surface area contributed by atoms with Gasteiger partial charge >= 0.3 is 6.01 Å². The number of nitrogens with zero attached hydrogens (tertiary/aromatic N) is 4. The van der Waals surface area contributed by atoms with E-state index < -0.39 is 0 Å². The fraction of sp³-hybridized carbons (Fsp3) is 0.700. The molecule has 0 unspecified atom stereocenters. The van der Waals surface area contributed by atoms with Gasteiger partial charge < -0.3 is 14.4 Å². The number of rotatable bonds is 4. The van der Waals surface area contributed by atoms with Crippen molar-refractivity contribution in [3.63, 3.8) is 0 Å². The van der Waals surface area contributed by atoms with Gasteiger partial charge in [-0.3, -0.25) is 0 Å². The highest BCUT2D eigenvalue weighted by atomic mass is 35.5. The lowest BCUT2D eigenvalue weighted by Gasteiger charge is -2.26. The van der Waals surface area contributed by atoms with E-state index in [9.17, 15) is 0 Å². The molecule has 1 aliphatic heterocycles. The molecular formula is C10H15ClN4O2. The summed E-state index contributed by atoms with van der Waals surface area (Å²) in [6, 6.07) is 0.286. The summed E-state index contributed by atoms with van der Waals surface area (Å²) in [6.07, 6.45) is 0.899. The Kier molecular flexibility index (Phi) is 4.33. The van der Waals surface area contributed by atoms with Gasteiger partial charge in [0.25, 0.3) is 0 Å². The molecule has 0 aromatic carbocycles. The van der Waals surface area contributed by atoms with Crippen LogP contribution in [0.15, 0.2) is 0 Å². The summed E-state index contributed by atoms with van der Waals surface area (Å²) in [4.78, 5) is 14.3. The molecule has 0 atom stereocenters. The molecule has 1 aliphatic rings. The Labute approximate surface area is 105 Å². The van der Waals surface area contributed by atoms with E-state index >= 15 is 0 Å². The van der Waals surface area contributed by atoms with Gasteiger partial charge in [-0.25, -0.2) is 0 Å². The van der Waals surface area contributed by atoms with Gasteiger partial charge in [-0.15, -0.1) is 0 Å². The molecule has 0 bridgehead atoms. The standard InChI is InChI=1S/C10H15ClN4O2/c1-2-5-17-10-13-8(11)12-9(14-10)15-3-6-16-7-4-15/h2-7H2,1H3. The molecule has 0 N–H and O–H groups in total. The van der Waals surface area contributed by atoms with Crippen LogP contribution in [0.1, 0.15) is 13.3 Å². The third kappa shape index (κ3) is 3.41. The van der Waals surface area contributed by atoms with Crippen molar-refractivity contribution >= 4 is 17.5 Å². The molecule has 17 heavy (non-hydrogen) atoms. The third-order valence-electron chi connectivity index (χ3n) is 2.31. The number of ether oxygens (including phenoxy) is 2. The summed E-state index contributed by atoms with van der Waals surface area (Å²) in [6.45, 7) is 5.46. The summed E-state index contributed by atoms with van der Waals surface area (Å²) >= 11 is 5.85. The molecule has 0 aliphatic carbocycles. The topological polar surface area (TPSA) is 60.4 Å². The van der Waals surface area contributed by atoms with E-state index in [1.165, 1.54) is 0 Å². The molecule has 2 rings (SSSR count). The molecule has 0 amide bonds. The SMILES string of the molecule is CCCOc1nc(Cl)nc(N2CCOCC2)n1. The van der Waals surface area contributed by atoms with Crippen molar-refractivity contribution in [2.24, 2.45) is 0 Å². The van der Waals surface area contributed by atoms with E-state index in [4.69, 9.17) is 21.1 Å². The summed E-state index contributed by atoms with van der Waals surface area (Å²) < 4.78 is 10.6. The minimum absolute atomic E-state index is 0.160. The molecule has 94 valence electrons. The van der Waals surface area contributed by atoms with Crippen molar-refractivity contribution in [3.8, 4) is 6.01 Å². The first-order valence-corrected chi connectivity index (χ1v) is 6.04. The Morgan fingerprint density at radius 2 is 2.06 bits per heavy atom. The summed E-state index contributed by atoms with van der Waals surface area (Å²) in [5.74, 6) is 0.555. The molecule has 0 spiro atoms. The minimum Gasteiger partial charge on any atom is -0.463 e. The average Bonchev–Trinajstić information content (AvgIpc) is 2.37. The van der Waals surface area contributed by atoms with E-state index in [2.05, 4.69) is 15.0 Å². The first kappa shape index (κ1) is 12.3. The lowest BCUT2D eigenvalue weighted by Crippen LogP contribution is -2.37. The Morgan fingerprint density at radius 1 is 1.29 bits per heavy atom. The van der Waals surface area contributed by atoms with Gasteiger partial charge in [-0.2, -0.15) is 15.0 Å². The first-order chi connectivity index (χ1) is 8.29. The van der Waals surface area contributed by atoms with Gasteiger partial charge in [-0.1, -0.05) is 6.92 Å². The van der Waals surface area contributed by atoms with Crippen LogP contribution < -0.4 is 9.64 Å². The highest BCUT2D eigenvalue weighted by Gasteiger charge is 2.16. The number of morpholine rings is 1. The van der Waals surface area contributed by atoms with Crippen molar-refractivity contribution < 1.29 is 9.47 Å². The molecule has 1 fully saturated rings. The second-order valence-electron chi connectivity index (χ2n) is 3.63. The number of hydrogen-bond acceptors (Lipinski definition) is 6. The molecule has 7 heteroatoms. The number of halogens is 1. The predicted molar refractivity (Wildman–Crippen MR) is 63.7 cm³/mol. The Bertz CT molecular complexity index is 371. The van der Waals surface area contributed by atoms with Gasteiger partial charge in [0.15, 0.2) is 0 Å². The minimum atomic E-state index is 0.160. The third-order valence-corrected chi connectivity index (χ3v) is 2.47. The van der Waals surface area contributed by atoms with E-state index in [1.807, 2.05) is 11.8 Å². The quantitative estimate of drug-likeness (QED) is 0.807. The average molecular weight is 259 g/mol. The van der Waals surface area contributed by atoms with Crippen LogP contribution in [-0.2, 0) is 4.74 Å². The van der Waals surface area contributed by atoms with Crippen molar-refractivity contribution in [2.75, 3.05) is 37.8 Å². The van der Waals surface area contributed by atoms with E-state index in [0.29, 0.717) is 25.8 Å². The maximum absolute atomic E-state index is 5.85. The van der Waals surface area contributed by atoms with Crippen LogP contribution in [0.3, 0.4) is 0 Å². The highest BCUT2D eigenvalue weighted by Crippen LogP contribution is 2.16. The molecule has 1 aromatic heterocycles. The zero-order valence-corrected chi connectivity index (χ0v) is 10.5. The van der Waals surface area contributed by atoms with Crippen LogP contribution in [0.2, 0.25) is 5.28 Å². The molecule has 0 saturated carbocycles. The second kappa shape index (κ2) is 5.97. The zero-order chi connectivity index (χ0) is 12.1. The molecule has 6 nitrogen and oxygen atoms in total. The van der Waals surface area contributed by atoms with Gasteiger partial charge in [-0.05, 0) is 18.0 Å². The van der Waals surface area contributed by atoms with Crippen LogP contribution in [0.5, 0.6) is 6.01 Å². The summed E-state index contributed by atoms with van der Waals surface area (Å²) in [5.41, 5.74) is 0. The fourth-order valence-corrected chi connectivity index (χ4v) is 1.63. The Balaban J connectivity index is 2.12. The fourth-order valence-electron chi connectivity index (χ4n) is 1.48. The van der Waals surface area contributed by atoms with E-state index in [1.54, 1.807) is 0 Å². The number of aromatic nitrogens is 3. The van der Waals surface area contributed by atoms with Crippen molar-refractivity contribution in [3.05, 3.63) is 5.28 Å². The lowest BCUT2D eigenvalue weighted by atomic mass is 10.4. The molecule has 1 saturated heterocycles. The van der Waals surface area contributed by atoms with Crippen LogP contribution in [0.4, 0.5) is 5.95 Å². The Morgan fingerprint density at radius 3 is 2.76 bits per heavy atom. The maximum Gasteiger partial charge on any atom is 0.322 e. The maximum atomic E-state index is 5.85. The highest BCUT2D eigenvalue weighted by molar-refractivity contribution is 6.28. The smallest absolute Gasteiger partial charge is 0.322 e. The number of hydrogen-bond donors (Lipinski definition) is 0. The largest absolute Gasteiger partial charge is 0.463 e. The lowest BCUT2D eigenvalue weighted by molar-refractivity contribution is 0.122. The second-order valence-corrected chi connectivity index (χ2v) is 3.97. The van der Waals surface area contributed by atoms with Crippen molar-refractivity contribution in [1.82, 2.24) is 15.0 Å². The van der Waals surface area contributed by atoms with E-state index in [-0.39, 0.29) is 11.3 Å². The molecule has 1 aromatic rings. The van der Waals surface area contributed by atoms with Crippen molar-refractivity contribution in [1.29, 1.82) is 0 Å². The normalized spacial score (nSPS) is 16.0.